The van der Waals surface area contributed by atoms with Gasteiger partial charge in [-0.05, 0) is 60.7 Å². The van der Waals surface area contributed by atoms with E-state index in [1.165, 1.54) is 43.3 Å². The van der Waals surface area contributed by atoms with Crippen LogP contribution in [0.15, 0.2) is 64.8 Å². The lowest BCUT2D eigenvalue weighted by Crippen LogP contribution is -2.37. The van der Waals surface area contributed by atoms with E-state index in [9.17, 15) is 0 Å². The van der Waals surface area contributed by atoms with Gasteiger partial charge in [0, 0.05) is 18.8 Å². The Balaban J connectivity index is 1.38. The average molecular weight is 411 g/mol. The van der Waals surface area contributed by atoms with E-state index in [1.54, 1.807) is 6.21 Å². The zero-order valence-electron chi connectivity index (χ0n) is 17.0. The van der Waals surface area contributed by atoms with Crippen LogP contribution in [0.25, 0.3) is 0 Å². The Morgan fingerprint density at radius 2 is 2.00 bits per heavy atom. The molecule has 1 saturated heterocycles. The molecule has 2 aromatic rings. The van der Waals surface area contributed by atoms with Crippen molar-refractivity contribution < 1.29 is 4.74 Å². The van der Waals surface area contributed by atoms with Crippen LogP contribution in [0.2, 0.25) is 0 Å². The third-order valence-electron chi connectivity index (χ3n) is 4.89. The molecule has 1 atom stereocenters. The normalized spacial score (nSPS) is 18.2. The summed E-state index contributed by atoms with van der Waals surface area (Å²) in [6, 6.07) is 18.1. The molecule has 0 aromatic heterocycles. The van der Waals surface area contributed by atoms with Crippen molar-refractivity contribution in [2.24, 2.45) is 21.9 Å². The maximum atomic E-state index is 5.91. The van der Waals surface area contributed by atoms with Gasteiger partial charge in [0.25, 0.3) is 0 Å². The molecule has 154 valence electrons. The minimum Gasteiger partial charge on any atom is -0.492 e. The standard InChI is InChI=1S/C23H30N4OS/c1-19-6-5-13-27(17-19)14-15-28-22-11-9-20(10-12-22)16-25-26-23(24)29-18-21-7-3-2-4-8-21/h2-4,7-12,16,19H,5-6,13-15,17-18H2,1H3,(H2,24,26). The van der Waals surface area contributed by atoms with Crippen molar-refractivity contribution in [3.63, 3.8) is 0 Å². The largest absolute Gasteiger partial charge is 0.492 e. The van der Waals surface area contributed by atoms with Crippen molar-refractivity contribution in [1.29, 1.82) is 0 Å². The van der Waals surface area contributed by atoms with Gasteiger partial charge in [0.15, 0.2) is 5.17 Å². The van der Waals surface area contributed by atoms with Crippen molar-refractivity contribution in [3.05, 3.63) is 65.7 Å². The SMILES string of the molecule is CC1CCCN(CCOc2ccc(C=NN=C(N)SCc3ccccc3)cc2)C1. The first kappa shape index (κ1) is 21.4. The molecule has 0 aliphatic carbocycles. The predicted molar refractivity (Wildman–Crippen MR) is 124 cm³/mol. The van der Waals surface area contributed by atoms with E-state index in [0.717, 1.165) is 36.1 Å². The topological polar surface area (TPSA) is 63.2 Å². The molecule has 0 saturated carbocycles. The van der Waals surface area contributed by atoms with Gasteiger partial charge in [-0.1, -0.05) is 49.0 Å². The molecular weight excluding hydrogens is 380 g/mol. The molecule has 29 heavy (non-hydrogen) atoms. The minimum atomic E-state index is 0.456. The number of benzene rings is 2. The van der Waals surface area contributed by atoms with Crippen LogP contribution in [-0.4, -0.2) is 42.5 Å². The fraction of sp³-hybridized carbons (Fsp3) is 0.391. The lowest BCUT2D eigenvalue weighted by Gasteiger charge is -2.30. The number of thioether (sulfide) groups is 1. The smallest absolute Gasteiger partial charge is 0.180 e. The first-order valence-corrected chi connectivity index (χ1v) is 11.2. The molecule has 1 heterocycles. The van der Waals surface area contributed by atoms with E-state index in [2.05, 4.69) is 34.2 Å². The summed E-state index contributed by atoms with van der Waals surface area (Å²) in [5.41, 5.74) is 8.09. The molecule has 5 nitrogen and oxygen atoms in total. The Hall–Kier alpha value is -2.31. The van der Waals surface area contributed by atoms with E-state index >= 15 is 0 Å². The van der Waals surface area contributed by atoms with Gasteiger partial charge in [-0.25, -0.2) is 0 Å². The third kappa shape index (κ3) is 7.91. The van der Waals surface area contributed by atoms with Gasteiger partial charge in [-0.3, -0.25) is 4.90 Å². The molecule has 0 spiro atoms. The third-order valence-corrected chi connectivity index (χ3v) is 5.75. The summed E-state index contributed by atoms with van der Waals surface area (Å²) < 4.78 is 5.88. The van der Waals surface area contributed by atoms with Crippen LogP contribution in [0.4, 0.5) is 0 Å². The molecule has 0 radical (unpaired) electrons. The summed E-state index contributed by atoms with van der Waals surface area (Å²) in [5.74, 6) is 2.47. The fourth-order valence-electron chi connectivity index (χ4n) is 3.35. The van der Waals surface area contributed by atoms with Crippen LogP contribution in [0.3, 0.4) is 0 Å². The van der Waals surface area contributed by atoms with Gasteiger partial charge in [0.05, 0.1) is 6.21 Å². The van der Waals surface area contributed by atoms with Crippen molar-refractivity contribution >= 4 is 23.1 Å². The van der Waals surface area contributed by atoms with Crippen LogP contribution in [0, 0.1) is 5.92 Å². The molecule has 6 heteroatoms. The maximum Gasteiger partial charge on any atom is 0.180 e. The van der Waals surface area contributed by atoms with Crippen LogP contribution in [0.5, 0.6) is 5.75 Å². The van der Waals surface area contributed by atoms with Gasteiger partial charge in [-0.15, -0.1) is 5.10 Å². The van der Waals surface area contributed by atoms with Crippen LogP contribution < -0.4 is 10.5 Å². The number of piperidine rings is 1. The van der Waals surface area contributed by atoms with Gasteiger partial charge in [-0.2, -0.15) is 5.10 Å². The van der Waals surface area contributed by atoms with Crippen molar-refractivity contribution in [2.75, 3.05) is 26.2 Å². The lowest BCUT2D eigenvalue weighted by molar-refractivity contribution is 0.153. The fourth-order valence-corrected chi connectivity index (χ4v) is 3.96. The number of hydrogen-bond acceptors (Lipinski definition) is 5. The number of hydrogen-bond donors (Lipinski definition) is 1. The van der Waals surface area contributed by atoms with Gasteiger partial charge in [0.1, 0.15) is 12.4 Å². The molecular formula is C23H30N4OS. The molecule has 1 unspecified atom stereocenters. The molecule has 0 amide bonds. The summed E-state index contributed by atoms with van der Waals surface area (Å²) in [6.45, 7) is 6.41. The van der Waals surface area contributed by atoms with Crippen LogP contribution in [0.1, 0.15) is 30.9 Å². The molecule has 1 aliphatic heterocycles. The Labute approximate surface area is 178 Å². The lowest BCUT2D eigenvalue weighted by atomic mass is 10.0. The highest BCUT2D eigenvalue weighted by atomic mass is 32.2. The quantitative estimate of drug-likeness (QED) is 0.398. The highest BCUT2D eigenvalue weighted by Gasteiger charge is 2.15. The molecule has 1 aliphatic rings. The average Bonchev–Trinajstić information content (AvgIpc) is 2.74. The summed E-state index contributed by atoms with van der Waals surface area (Å²) >= 11 is 1.48. The highest BCUT2D eigenvalue weighted by molar-refractivity contribution is 8.13. The van der Waals surface area contributed by atoms with Crippen LogP contribution >= 0.6 is 11.8 Å². The second kappa shape index (κ2) is 11.6. The molecule has 3 rings (SSSR count). The maximum absolute atomic E-state index is 5.91. The van der Waals surface area contributed by atoms with Crippen molar-refractivity contribution in [3.8, 4) is 5.75 Å². The minimum absolute atomic E-state index is 0.456. The predicted octanol–water partition coefficient (Wildman–Crippen LogP) is 4.38. The van der Waals surface area contributed by atoms with E-state index in [1.807, 2.05) is 42.5 Å². The van der Waals surface area contributed by atoms with Crippen molar-refractivity contribution in [1.82, 2.24) is 4.90 Å². The molecule has 0 bridgehead atoms. The van der Waals surface area contributed by atoms with E-state index in [0.29, 0.717) is 5.17 Å². The van der Waals surface area contributed by atoms with Gasteiger partial charge in [0.2, 0.25) is 0 Å². The first-order valence-electron chi connectivity index (χ1n) is 10.2. The first-order chi connectivity index (χ1) is 14.2. The van der Waals surface area contributed by atoms with E-state index in [-0.39, 0.29) is 0 Å². The van der Waals surface area contributed by atoms with Gasteiger partial charge >= 0.3 is 0 Å². The Morgan fingerprint density at radius 1 is 1.21 bits per heavy atom. The van der Waals surface area contributed by atoms with Crippen molar-refractivity contribution in [2.45, 2.75) is 25.5 Å². The number of rotatable bonds is 8. The van der Waals surface area contributed by atoms with Crippen LogP contribution in [-0.2, 0) is 5.75 Å². The molecule has 2 aromatic carbocycles. The molecule has 1 fully saturated rings. The molecule has 2 N–H and O–H groups in total. The Morgan fingerprint density at radius 3 is 2.76 bits per heavy atom. The monoisotopic (exact) mass is 410 g/mol. The van der Waals surface area contributed by atoms with E-state index < -0.39 is 0 Å². The second-order valence-corrected chi connectivity index (χ2v) is 8.42. The number of nitrogens with zero attached hydrogens (tertiary/aromatic N) is 3. The number of likely N-dealkylation sites (tertiary alicyclic amines) is 1. The number of amidine groups is 1. The van der Waals surface area contributed by atoms with E-state index in [4.69, 9.17) is 10.5 Å². The Kier molecular flexibility index (Phi) is 8.58. The number of nitrogens with two attached hydrogens (primary N) is 1. The summed E-state index contributed by atoms with van der Waals surface area (Å²) in [7, 11) is 0. The highest BCUT2D eigenvalue weighted by Crippen LogP contribution is 2.16. The van der Waals surface area contributed by atoms with Gasteiger partial charge < -0.3 is 10.5 Å². The Bertz CT molecular complexity index is 792. The zero-order valence-corrected chi connectivity index (χ0v) is 17.9. The number of ether oxygens (including phenoxy) is 1. The zero-order chi connectivity index (χ0) is 20.3. The summed E-state index contributed by atoms with van der Waals surface area (Å²) in [5, 5.41) is 8.59. The summed E-state index contributed by atoms with van der Waals surface area (Å²) in [4.78, 5) is 2.49. The summed E-state index contributed by atoms with van der Waals surface area (Å²) in [6.07, 6.45) is 4.35. The second-order valence-electron chi connectivity index (χ2n) is 7.42.